The highest BCUT2D eigenvalue weighted by molar-refractivity contribution is 9.10. The van der Waals surface area contributed by atoms with Gasteiger partial charge < -0.3 is 9.47 Å². The van der Waals surface area contributed by atoms with Crippen LogP contribution in [0, 0.1) is 5.82 Å². The predicted octanol–water partition coefficient (Wildman–Crippen LogP) is 5.74. The molecule has 2 rings (SSSR count). The molecule has 0 bridgehead atoms. The first-order valence-electron chi connectivity index (χ1n) is 5.99. The van der Waals surface area contributed by atoms with Crippen molar-refractivity contribution < 1.29 is 13.9 Å². The predicted molar refractivity (Wildman–Crippen MR) is 89.4 cm³/mol. The molecule has 2 aromatic rings. The Labute approximate surface area is 144 Å². The molecule has 0 fully saturated rings. The summed E-state index contributed by atoms with van der Waals surface area (Å²) < 4.78 is 25.4. The largest absolute Gasteiger partial charge is 0.496 e. The molecule has 0 aliphatic heterocycles. The average molecular weight is 439 g/mol. The highest BCUT2D eigenvalue weighted by Gasteiger charge is 2.23. The molecule has 0 aromatic heterocycles. The van der Waals surface area contributed by atoms with Crippen molar-refractivity contribution in [2.45, 2.75) is 4.83 Å². The van der Waals surface area contributed by atoms with E-state index in [4.69, 9.17) is 21.1 Å². The number of ether oxygens (including phenoxy) is 2. The fourth-order valence-corrected chi connectivity index (χ4v) is 3.31. The number of halogens is 4. The van der Waals surface area contributed by atoms with Crippen molar-refractivity contribution in [2.24, 2.45) is 0 Å². The molecule has 2 nitrogen and oxygen atoms in total. The van der Waals surface area contributed by atoms with Crippen molar-refractivity contribution in [1.29, 1.82) is 0 Å². The molecule has 2 aromatic carbocycles. The van der Waals surface area contributed by atoms with Gasteiger partial charge in [-0.05, 0) is 40.2 Å². The van der Waals surface area contributed by atoms with Gasteiger partial charge in [-0.3, -0.25) is 0 Å². The fraction of sp³-hybridized carbons (Fsp3) is 0.200. The van der Waals surface area contributed by atoms with E-state index in [0.29, 0.717) is 32.1 Å². The van der Waals surface area contributed by atoms with Crippen LogP contribution in [0.3, 0.4) is 0 Å². The summed E-state index contributed by atoms with van der Waals surface area (Å²) in [6, 6.07) is 8.32. The number of hydrogen-bond donors (Lipinski definition) is 0. The van der Waals surface area contributed by atoms with E-state index in [1.165, 1.54) is 6.07 Å². The first kappa shape index (κ1) is 16.6. The highest BCUT2D eigenvalue weighted by atomic mass is 79.9. The van der Waals surface area contributed by atoms with E-state index in [9.17, 15) is 4.39 Å². The van der Waals surface area contributed by atoms with Gasteiger partial charge in [-0.1, -0.05) is 33.6 Å². The molecular formula is C15H12Br2ClFO2. The topological polar surface area (TPSA) is 18.5 Å². The minimum Gasteiger partial charge on any atom is -0.496 e. The first-order chi connectivity index (χ1) is 9.99. The second-order valence-corrected chi connectivity index (χ2v) is 6.40. The Morgan fingerprint density at radius 3 is 2.24 bits per heavy atom. The van der Waals surface area contributed by atoms with Crippen molar-refractivity contribution in [1.82, 2.24) is 0 Å². The maximum atomic E-state index is 14.2. The molecule has 1 atom stereocenters. The van der Waals surface area contributed by atoms with Crippen LogP contribution in [0.2, 0.25) is 5.02 Å². The number of hydrogen-bond acceptors (Lipinski definition) is 2. The normalized spacial score (nSPS) is 12.1. The molecule has 0 heterocycles. The lowest BCUT2D eigenvalue weighted by Gasteiger charge is -2.19. The van der Waals surface area contributed by atoms with Crippen LogP contribution in [0.5, 0.6) is 11.5 Å². The van der Waals surface area contributed by atoms with E-state index in [1.807, 2.05) is 6.07 Å². The van der Waals surface area contributed by atoms with Gasteiger partial charge >= 0.3 is 0 Å². The zero-order chi connectivity index (χ0) is 15.6. The summed E-state index contributed by atoms with van der Waals surface area (Å²) in [5, 5.41) is 0.435. The van der Waals surface area contributed by atoms with Crippen molar-refractivity contribution in [3.63, 3.8) is 0 Å². The van der Waals surface area contributed by atoms with Gasteiger partial charge in [0.2, 0.25) is 0 Å². The molecule has 0 aliphatic rings. The van der Waals surface area contributed by atoms with Crippen LogP contribution >= 0.6 is 43.5 Å². The Morgan fingerprint density at radius 2 is 1.71 bits per heavy atom. The Kier molecular flexibility index (Phi) is 5.52. The summed E-state index contributed by atoms with van der Waals surface area (Å²) in [5.74, 6) is 0.838. The summed E-state index contributed by atoms with van der Waals surface area (Å²) in [6.07, 6.45) is 0. The molecule has 0 N–H and O–H groups in total. The molecule has 6 heteroatoms. The van der Waals surface area contributed by atoms with Crippen LogP contribution in [0.4, 0.5) is 4.39 Å². The Bertz CT molecular complexity index is 642. The summed E-state index contributed by atoms with van der Waals surface area (Å²) in [5.41, 5.74) is 1.12. The third kappa shape index (κ3) is 3.35. The van der Waals surface area contributed by atoms with Gasteiger partial charge in [0.25, 0.3) is 0 Å². The van der Waals surface area contributed by atoms with Crippen molar-refractivity contribution in [3.8, 4) is 11.5 Å². The minimum atomic E-state index is -0.450. The van der Waals surface area contributed by atoms with Crippen LogP contribution in [0.15, 0.2) is 34.8 Å². The smallest absolute Gasteiger partial charge is 0.129 e. The molecular weight excluding hydrogens is 426 g/mol. The van der Waals surface area contributed by atoms with Crippen LogP contribution in [-0.4, -0.2) is 14.2 Å². The lowest BCUT2D eigenvalue weighted by molar-refractivity contribution is 0.386. The van der Waals surface area contributed by atoms with Crippen LogP contribution in [-0.2, 0) is 0 Å². The van der Waals surface area contributed by atoms with Crippen molar-refractivity contribution in [2.75, 3.05) is 14.2 Å². The first-order valence-corrected chi connectivity index (χ1v) is 8.07. The fourth-order valence-electron chi connectivity index (χ4n) is 2.02. The Hall–Kier alpha value is -0.780. The third-order valence-corrected chi connectivity index (χ3v) is 5.18. The van der Waals surface area contributed by atoms with Gasteiger partial charge in [-0.25, -0.2) is 4.39 Å². The molecule has 0 saturated carbocycles. The standard InChI is InChI=1S/C15H12Br2ClFO2/c1-20-12-4-3-5-13(21-2)14(12)15(17)8-6-10(18)9(16)7-11(8)19/h3-7,15H,1-2H3. The van der Waals surface area contributed by atoms with Gasteiger partial charge in [0, 0.05) is 10.0 Å². The number of methoxy groups -OCH3 is 2. The average Bonchev–Trinajstić information content (AvgIpc) is 2.49. The second kappa shape index (κ2) is 6.99. The van der Waals surface area contributed by atoms with E-state index in [0.717, 1.165) is 0 Å². The number of rotatable bonds is 4. The molecule has 0 aliphatic carbocycles. The van der Waals surface area contributed by atoms with Gasteiger partial charge in [0.15, 0.2) is 0 Å². The van der Waals surface area contributed by atoms with E-state index < -0.39 is 4.83 Å². The Balaban J connectivity index is 2.59. The molecule has 0 radical (unpaired) electrons. The molecule has 112 valence electrons. The minimum absolute atomic E-state index is 0.374. The van der Waals surface area contributed by atoms with E-state index in [1.54, 1.807) is 32.4 Å². The zero-order valence-electron chi connectivity index (χ0n) is 11.3. The maximum absolute atomic E-state index is 14.2. The molecule has 21 heavy (non-hydrogen) atoms. The monoisotopic (exact) mass is 436 g/mol. The van der Waals surface area contributed by atoms with E-state index in [-0.39, 0.29) is 5.82 Å². The van der Waals surface area contributed by atoms with E-state index in [2.05, 4.69) is 31.9 Å². The Morgan fingerprint density at radius 1 is 1.14 bits per heavy atom. The quantitative estimate of drug-likeness (QED) is 0.448. The highest BCUT2D eigenvalue weighted by Crippen LogP contribution is 2.44. The van der Waals surface area contributed by atoms with Gasteiger partial charge in [0.05, 0.1) is 29.6 Å². The number of benzene rings is 2. The second-order valence-electron chi connectivity index (χ2n) is 4.23. The number of alkyl halides is 1. The third-order valence-electron chi connectivity index (χ3n) is 3.03. The van der Waals surface area contributed by atoms with Crippen LogP contribution < -0.4 is 9.47 Å². The lowest BCUT2D eigenvalue weighted by Crippen LogP contribution is -2.02. The van der Waals surface area contributed by atoms with Gasteiger partial charge in [-0.15, -0.1) is 0 Å². The van der Waals surface area contributed by atoms with Crippen molar-refractivity contribution >= 4 is 43.5 Å². The van der Waals surface area contributed by atoms with Crippen molar-refractivity contribution in [3.05, 3.63) is 56.8 Å². The SMILES string of the molecule is COc1cccc(OC)c1C(Br)c1cc(Cl)c(Br)cc1F. The molecule has 0 saturated heterocycles. The summed E-state index contributed by atoms with van der Waals surface area (Å²) in [6.45, 7) is 0. The zero-order valence-corrected chi connectivity index (χ0v) is 15.2. The van der Waals surface area contributed by atoms with Crippen LogP contribution in [0.25, 0.3) is 0 Å². The lowest BCUT2D eigenvalue weighted by atomic mass is 10.0. The molecule has 0 spiro atoms. The van der Waals surface area contributed by atoms with E-state index >= 15 is 0 Å². The maximum Gasteiger partial charge on any atom is 0.129 e. The molecule has 0 amide bonds. The molecule has 1 unspecified atom stereocenters. The van der Waals surface area contributed by atoms with Gasteiger partial charge in [-0.2, -0.15) is 0 Å². The summed E-state index contributed by atoms with van der Waals surface area (Å²) in [4.78, 5) is -0.450. The summed E-state index contributed by atoms with van der Waals surface area (Å²) in [7, 11) is 3.12. The van der Waals surface area contributed by atoms with Gasteiger partial charge in [0.1, 0.15) is 17.3 Å². The summed E-state index contributed by atoms with van der Waals surface area (Å²) >= 11 is 12.8. The van der Waals surface area contributed by atoms with Crippen LogP contribution in [0.1, 0.15) is 16.0 Å².